The summed E-state index contributed by atoms with van der Waals surface area (Å²) in [6.45, 7) is 0.566. The van der Waals surface area contributed by atoms with Crippen LogP contribution < -0.4 is 0 Å². The minimum Gasteiger partial charge on any atom is -0.571 e. The van der Waals surface area contributed by atoms with Gasteiger partial charge in [-0.2, -0.15) is 0 Å². The summed E-state index contributed by atoms with van der Waals surface area (Å²) in [5.41, 5.74) is 3.32. The van der Waals surface area contributed by atoms with Gasteiger partial charge in [-0.15, -0.1) is 17.0 Å². The van der Waals surface area contributed by atoms with Gasteiger partial charge >= 0.3 is 0 Å². The molecule has 3 heterocycles. The van der Waals surface area contributed by atoms with Crippen LogP contribution in [0.4, 0.5) is 14.5 Å². The Hall–Kier alpha value is -3.63. The molecule has 1 aliphatic rings. The van der Waals surface area contributed by atoms with E-state index in [1.165, 1.54) is 23.6 Å². The smallest absolute Gasteiger partial charge is 0.254 e. The molecule has 0 aliphatic carbocycles. The molecule has 34 heavy (non-hydrogen) atoms. The summed E-state index contributed by atoms with van der Waals surface area (Å²) in [5.74, 6) is -2.08. The number of rotatable bonds is 5. The molecule has 2 aromatic carbocycles. The highest BCUT2D eigenvalue weighted by Crippen LogP contribution is 2.38. The molecule has 0 spiro atoms. The van der Waals surface area contributed by atoms with Gasteiger partial charge in [0.2, 0.25) is 0 Å². The number of benzene rings is 2. The van der Waals surface area contributed by atoms with Crippen molar-refractivity contribution in [2.45, 2.75) is 11.4 Å². The van der Waals surface area contributed by atoms with Crippen LogP contribution in [0.1, 0.15) is 15.9 Å². The summed E-state index contributed by atoms with van der Waals surface area (Å²) in [4.78, 5) is 19.0. The van der Waals surface area contributed by atoms with Gasteiger partial charge in [0.1, 0.15) is 21.7 Å². The zero-order chi connectivity index (χ0) is 24.0. The van der Waals surface area contributed by atoms with Crippen molar-refractivity contribution in [3.8, 4) is 20.9 Å². The zero-order valence-corrected chi connectivity index (χ0v) is 19.3. The number of nitrogens with zero attached hydrogens (tertiary/aromatic N) is 3. The third-order valence-electron chi connectivity index (χ3n) is 5.39. The third-order valence-corrected chi connectivity index (χ3v) is 7.91. The van der Waals surface area contributed by atoms with E-state index in [0.717, 1.165) is 33.0 Å². The Morgan fingerprint density at radius 3 is 2.50 bits per heavy atom. The number of aromatic nitrogens is 1. The Balaban J connectivity index is 1.41. The van der Waals surface area contributed by atoms with Crippen molar-refractivity contribution in [3.63, 3.8) is 0 Å². The monoisotopic (exact) mass is 496 g/mol. The molecule has 1 aliphatic heterocycles. The Bertz CT molecular complexity index is 1550. The van der Waals surface area contributed by atoms with Crippen molar-refractivity contribution < 1.29 is 22.0 Å². The van der Waals surface area contributed by atoms with E-state index < -0.39 is 26.6 Å². The van der Waals surface area contributed by atoms with Gasteiger partial charge in [0, 0.05) is 52.9 Å². The fourth-order valence-corrected chi connectivity index (χ4v) is 5.76. The zero-order valence-electron chi connectivity index (χ0n) is 17.7. The maximum atomic E-state index is 14.0. The maximum Gasteiger partial charge on any atom is 0.254 e. The number of amides is 1. The summed E-state index contributed by atoms with van der Waals surface area (Å²) in [6.07, 6.45) is 2.83. The molecule has 1 amide bonds. The van der Waals surface area contributed by atoms with Gasteiger partial charge in [0.15, 0.2) is 0 Å². The van der Waals surface area contributed by atoms with Crippen molar-refractivity contribution in [2.24, 2.45) is 0 Å². The number of fused-ring (bicyclic) bond motifs is 1. The number of carbonyl (C=O) groups is 1. The van der Waals surface area contributed by atoms with Crippen LogP contribution in [0.2, 0.25) is 0 Å². The number of hydrogen-bond donors (Lipinski definition) is 0. The second-order valence-electron chi connectivity index (χ2n) is 7.77. The molecule has 172 valence electrons. The minimum atomic E-state index is -4.40. The summed E-state index contributed by atoms with van der Waals surface area (Å²) < 4.78 is 55.8. The maximum absolute atomic E-state index is 14.0. The van der Waals surface area contributed by atoms with Gasteiger partial charge in [-0.3, -0.25) is 9.78 Å². The van der Waals surface area contributed by atoms with Gasteiger partial charge < -0.3 is 9.62 Å². The Kier molecular flexibility index (Phi) is 5.41. The van der Waals surface area contributed by atoms with Gasteiger partial charge in [-0.25, -0.2) is 17.2 Å². The molecule has 5 rings (SSSR count). The average molecular weight is 497 g/mol. The topological polar surface area (TPSA) is 81.4 Å². The van der Waals surface area contributed by atoms with Crippen LogP contribution >= 0.6 is 11.3 Å². The van der Waals surface area contributed by atoms with Crippen LogP contribution in [-0.2, 0) is 16.6 Å². The van der Waals surface area contributed by atoms with Gasteiger partial charge in [0.05, 0.1) is 4.90 Å². The standard InChI is InChI=1S/C24H16F2N3O3S2/c1-29-13-16-8-14(2-4-19(16)24(29)30)21-5-6-22(33-21)15-9-18(12-27-11-15)28-34(31,32)23-7-3-17(25)10-20(23)26/h2-12H,13H2,1H3/q-1. The molecule has 0 bridgehead atoms. The summed E-state index contributed by atoms with van der Waals surface area (Å²) in [6, 6.07) is 13.3. The average Bonchev–Trinajstić information content (AvgIpc) is 3.38. The highest BCUT2D eigenvalue weighted by molar-refractivity contribution is 7.94. The first-order chi connectivity index (χ1) is 16.2. The lowest BCUT2D eigenvalue weighted by Gasteiger charge is -2.22. The lowest BCUT2D eigenvalue weighted by atomic mass is 10.1. The number of carbonyl (C=O) groups excluding carboxylic acids is 1. The molecule has 6 nitrogen and oxygen atoms in total. The van der Waals surface area contributed by atoms with Crippen LogP contribution in [0.5, 0.6) is 0 Å². The summed E-state index contributed by atoms with van der Waals surface area (Å²) in [5, 5.41) is 0. The number of sulfonamides is 1. The molecule has 2 aromatic heterocycles. The molecule has 0 atom stereocenters. The molecule has 0 unspecified atom stereocenters. The quantitative estimate of drug-likeness (QED) is 0.353. The number of hydrogen-bond acceptors (Lipinski definition) is 5. The Morgan fingerprint density at radius 2 is 1.74 bits per heavy atom. The minimum absolute atomic E-state index is 0.00975. The van der Waals surface area contributed by atoms with Crippen LogP contribution in [0, 0.1) is 11.6 Å². The summed E-state index contributed by atoms with van der Waals surface area (Å²) in [7, 11) is -2.63. The van der Waals surface area contributed by atoms with Gasteiger partial charge in [-0.1, -0.05) is 12.1 Å². The van der Waals surface area contributed by atoms with Gasteiger partial charge in [0.25, 0.3) is 5.91 Å². The number of thiophene rings is 1. The molecule has 0 N–H and O–H groups in total. The molecular formula is C24H16F2N3O3S2-. The highest BCUT2D eigenvalue weighted by atomic mass is 32.2. The molecule has 0 saturated carbocycles. The van der Waals surface area contributed by atoms with E-state index in [-0.39, 0.29) is 11.6 Å². The first-order valence-corrected chi connectivity index (χ1v) is 12.3. The van der Waals surface area contributed by atoms with Crippen LogP contribution in [0.15, 0.2) is 71.9 Å². The fourth-order valence-electron chi connectivity index (χ4n) is 3.75. The predicted molar refractivity (Wildman–Crippen MR) is 125 cm³/mol. The lowest BCUT2D eigenvalue weighted by molar-refractivity contribution is 0.0816. The van der Waals surface area contributed by atoms with Crippen molar-refractivity contribution in [1.82, 2.24) is 9.88 Å². The van der Waals surface area contributed by atoms with E-state index in [0.29, 0.717) is 23.7 Å². The van der Waals surface area contributed by atoms with Crippen molar-refractivity contribution in [2.75, 3.05) is 7.05 Å². The van der Waals surface area contributed by atoms with E-state index in [1.54, 1.807) is 18.1 Å². The van der Waals surface area contributed by atoms with Crippen molar-refractivity contribution >= 4 is 33.0 Å². The molecule has 4 aromatic rings. The number of halogens is 2. The Morgan fingerprint density at radius 1 is 0.971 bits per heavy atom. The Labute approximate surface area is 198 Å². The predicted octanol–water partition coefficient (Wildman–Crippen LogP) is 5.74. The number of pyridine rings is 1. The van der Waals surface area contributed by atoms with E-state index >= 15 is 0 Å². The molecule has 10 heteroatoms. The van der Waals surface area contributed by atoms with Crippen LogP contribution in [0.3, 0.4) is 0 Å². The molecule has 0 fully saturated rings. The third kappa shape index (κ3) is 4.06. The van der Waals surface area contributed by atoms with E-state index in [1.807, 2.05) is 30.3 Å². The second kappa shape index (κ2) is 8.30. The van der Waals surface area contributed by atoms with E-state index in [4.69, 9.17) is 0 Å². The van der Waals surface area contributed by atoms with E-state index in [2.05, 4.69) is 9.71 Å². The SMILES string of the molecule is CN1Cc2cc(-c3ccc(-c4cncc([N-]S(=O)(=O)c5ccc(F)cc5F)c4)s3)ccc2C1=O. The van der Waals surface area contributed by atoms with Crippen LogP contribution in [0.25, 0.3) is 25.6 Å². The normalized spacial score (nSPS) is 13.3. The van der Waals surface area contributed by atoms with Crippen molar-refractivity contribution in [1.29, 1.82) is 0 Å². The van der Waals surface area contributed by atoms with Crippen molar-refractivity contribution in [3.05, 3.63) is 94.5 Å². The first-order valence-electron chi connectivity index (χ1n) is 10.1. The van der Waals surface area contributed by atoms with Crippen LogP contribution in [-0.4, -0.2) is 31.3 Å². The molecule has 0 saturated heterocycles. The summed E-state index contributed by atoms with van der Waals surface area (Å²) >= 11 is 1.48. The van der Waals surface area contributed by atoms with Gasteiger partial charge in [-0.05, 0) is 47.5 Å². The van der Waals surface area contributed by atoms with E-state index in [9.17, 15) is 22.0 Å². The first kappa shape index (κ1) is 22.2. The lowest BCUT2D eigenvalue weighted by Crippen LogP contribution is -2.17. The largest absolute Gasteiger partial charge is 0.571 e. The fraction of sp³-hybridized carbons (Fsp3) is 0.0833. The highest BCUT2D eigenvalue weighted by Gasteiger charge is 2.24. The molecular weight excluding hydrogens is 480 g/mol. The molecule has 0 radical (unpaired) electrons. The second-order valence-corrected chi connectivity index (χ2v) is 10.4.